The van der Waals surface area contributed by atoms with Crippen LogP contribution in [0.2, 0.25) is 0 Å². The first-order valence-corrected chi connectivity index (χ1v) is 9.71. The Bertz CT molecular complexity index is 937. The molecule has 0 bridgehead atoms. The largest absolute Gasteiger partial charge is 0.355 e. The first-order valence-electron chi connectivity index (χ1n) is 9.71. The van der Waals surface area contributed by atoms with Crippen molar-refractivity contribution in [1.29, 1.82) is 0 Å². The third-order valence-electron chi connectivity index (χ3n) is 5.53. The monoisotopic (exact) mass is 363 g/mol. The summed E-state index contributed by atoms with van der Waals surface area (Å²) < 4.78 is 1.31. The topological polar surface area (TPSA) is 55.2 Å². The predicted molar refractivity (Wildman–Crippen MR) is 107 cm³/mol. The quantitative estimate of drug-likeness (QED) is 0.820. The van der Waals surface area contributed by atoms with Crippen LogP contribution in [-0.4, -0.2) is 28.7 Å². The van der Waals surface area contributed by atoms with Gasteiger partial charge in [0.15, 0.2) is 5.78 Å². The average molecular weight is 363 g/mol. The number of carbonyl (C=O) groups excluding carboxylic acids is 1. The van der Waals surface area contributed by atoms with E-state index in [4.69, 9.17) is 0 Å². The molecule has 0 unspecified atom stereocenters. The Kier molecular flexibility index (Phi) is 4.92. The number of anilines is 1. The van der Waals surface area contributed by atoms with Gasteiger partial charge in [0.2, 0.25) is 0 Å². The van der Waals surface area contributed by atoms with Crippen LogP contribution in [0.15, 0.2) is 41.2 Å². The van der Waals surface area contributed by atoms with Crippen molar-refractivity contribution in [2.45, 2.75) is 39.2 Å². The molecule has 27 heavy (non-hydrogen) atoms. The fourth-order valence-electron chi connectivity index (χ4n) is 3.83. The van der Waals surface area contributed by atoms with E-state index in [1.807, 2.05) is 6.07 Å². The Balaban J connectivity index is 1.44. The van der Waals surface area contributed by atoms with Gasteiger partial charge in [-0.25, -0.2) is 4.68 Å². The van der Waals surface area contributed by atoms with Gasteiger partial charge in [0, 0.05) is 25.6 Å². The van der Waals surface area contributed by atoms with Crippen LogP contribution in [-0.2, 0) is 24.2 Å². The smallest absolute Gasteiger partial charge is 0.267 e. The number of ketones is 1. The van der Waals surface area contributed by atoms with Crippen LogP contribution in [0.1, 0.15) is 36.5 Å². The lowest BCUT2D eigenvalue weighted by molar-refractivity contribution is -0.119. The van der Waals surface area contributed by atoms with Crippen molar-refractivity contribution in [3.8, 4) is 0 Å². The highest BCUT2D eigenvalue weighted by atomic mass is 16.1. The highest BCUT2D eigenvalue weighted by Gasteiger charge is 2.18. The Morgan fingerprint density at radius 2 is 2.00 bits per heavy atom. The molecule has 5 nitrogen and oxygen atoms in total. The second kappa shape index (κ2) is 7.51. The van der Waals surface area contributed by atoms with Crippen molar-refractivity contribution in [2.24, 2.45) is 5.92 Å². The predicted octanol–water partition coefficient (Wildman–Crippen LogP) is 2.86. The number of benzene rings is 1. The van der Waals surface area contributed by atoms with E-state index in [2.05, 4.69) is 41.2 Å². The first kappa shape index (κ1) is 17.7. The van der Waals surface area contributed by atoms with E-state index in [-0.39, 0.29) is 17.9 Å². The first-order chi connectivity index (χ1) is 13.1. The maximum atomic E-state index is 12.5. The second-order valence-corrected chi connectivity index (χ2v) is 7.71. The van der Waals surface area contributed by atoms with Crippen LogP contribution in [0.4, 0.5) is 5.82 Å². The van der Waals surface area contributed by atoms with Crippen LogP contribution in [0.5, 0.6) is 0 Å². The number of aromatic nitrogens is 2. The third kappa shape index (κ3) is 4.02. The molecule has 0 radical (unpaired) electrons. The van der Waals surface area contributed by atoms with Crippen LogP contribution in [0.3, 0.4) is 0 Å². The Labute approximate surface area is 159 Å². The number of rotatable bonds is 5. The molecule has 1 fully saturated rings. The highest BCUT2D eigenvalue weighted by Crippen LogP contribution is 2.21. The van der Waals surface area contributed by atoms with E-state index in [1.165, 1.54) is 21.9 Å². The van der Waals surface area contributed by atoms with Gasteiger partial charge < -0.3 is 4.90 Å². The van der Waals surface area contributed by atoms with Crippen molar-refractivity contribution >= 4 is 17.7 Å². The summed E-state index contributed by atoms with van der Waals surface area (Å²) >= 11 is 0. The summed E-state index contributed by atoms with van der Waals surface area (Å²) in [6.45, 7) is 4.18. The number of Topliss-reactive ketones (excluding diaryl/α,β-unsaturated/α-hetero) is 1. The second-order valence-electron chi connectivity index (χ2n) is 7.71. The molecule has 2 aromatic rings. The molecule has 2 heterocycles. The van der Waals surface area contributed by atoms with Gasteiger partial charge in [-0.2, -0.15) is 5.10 Å². The van der Waals surface area contributed by atoms with Gasteiger partial charge in [-0.3, -0.25) is 9.59 Å². The van der Waals surface area contributed by atoms with Gasteiger partial charge in [-0.05, 0) is 47.9 Å². The zero-order chi connectivity index (χ0) is 18.8. The van der Waals surface area contributed by atoms with Crippen molar-refractivity contribution < 1.29 is 4.79 Å². The third-order valence-corrected chi connectivity index (χ3v) is 5.53. The molecule has 0 spiro atoms. The normalized spacial score (nSPS) is 16.6. The van der Waals surface area contributed by atoms with E-state index >= 15 is 0 Å². The number of nitrogens with zero attached hydrogens (tertiary/aromatic N) is 3. The van der Waals surface area contributed by atoms with Crippen LogP contribution in [0, 0.1) is 5.92 Å². The fourth-order valence-corrected chi connectivity index (χ4v) is 3.83. The number of carbonyl (C=O) groups is 1. The molecule has 2 aliphatic rings. The molecule has 140 valence electrons. The number of piperidine rings is 1. The molecule has 1 aliphatic heterocycles. The molecule has 1 aromatic carbocycles. The molecule has 0 atom stereocenters. The van der Waals surface area contributed by atoms with Crippen molar-refractivity contribution in [1.82, 2.24) is 9.78 Å². The molecule has 0 N–H and O–H groups in total. The minimum Gasteiger partial charge on any atom is -0.355 e. The molecule has 1 saturated heterocycles. The lowest BCUT2D eigenvalue weighted by Gasteiger charge is -2.31. The highest BCUT2D eigenvalue weighted by molar-refractivity contribution is 5.81. The van der Waals surface area contributed by atoms with Gasteiger partial charge in [0.05, 0.1) is 0 Å². The summed E-state index contributed by atoms with van der Waals surface area (Å²) in [5.41, 5.74) is 3.26. The van der Waals surface area contributed by atoms with Gasteiger partial charge in [-0.15, -0.1) is 0 Å². The number of hydrogen-bond donors (Lipinski definition) is 0. The molecular weight excluding hydrogens is 338 g/mol. The SMILES string of the molecule is CC1CCN(c2ccc(=O)n(CC(=O)Cc3ccc4c(c3)CC=C4)n2)CC1. The van der Waals surface area contributed by atoms with Crippen molar-refractivity contribution in [3.63, 3.8) is 0 Å². The fraction of sp³-hybridized carbons (Fsp3) is 0.409. The number of allylic oxidation sites excluding steroid dienone is 1. The van der Waals surface area contributed by atoms with Crippen LogP contribution >= 0.6 is 0 Å². The lowest BCUT2D eigenvalue weighted by atomic mass is 9.99. The van der Waals surface area contributed by atoms with E-state index in [0.717, 1.165) is 49.7 Å². The van der Waals surface area contributed by atoms with Gasteiger partial charge in [0.1, 0.15) is 12.4 Å². The van der Waals surface area contributed by atoms with Gasteiger partial charge in [0.25, 0.3) is 5.56 Å². The summed E-state index contributed by atoms with van der Waals surface area (Å²) in [6.07, 6.45) is 7.76. The minimum absolute atomic E-state index is 0.0000718. The number of fused-ring (bicyclic) bond motifs is 1. The molecular formula is C22H25N3O2. The molecule has 5 heteroatoms. The summed E-state index contributed by atoms with van der Waals surface area (Å²) in [7, 11) is 0. The van der Waals surface area contributed by atoms with E-state index < -0.39 is 0 Å². The average Bonchev–Trinajstić information content (AvgIpc) is 3.12. The van der Waals surface area contributed by atoms with Crippen molar-refractivity contribution in [3.05, 3.63) is 63.5 Å². The Hall–Kier alpha value is -2.69. The molecule has 4 rings (SSSR count). The molecule has 0 amide bonds. The Morgan fingerprint density at radius 1 is 1.19 bits per heavy atom. The summed E-state index contributed by atoms with van der Waals surface area (Å²) in [5, 5.41) is 4.46. The molecule has 1 aliphatic carbocycles. The molecule has 1 aromatic heterocycles. The summed E-state index contributed by atoms with van der Waals surface area (Å²) in [6, 6.07) is 9.44. The maximum absolute atomic E-state index is 12.5. The van der Waals surface area contributed by atoms with Crippen molar-refractivity contribution in [2.75, 3.05) is 18.0 Å². The summed E-state index contributed by atoms with van der Waals surface area (Å²) in [5.74, 6) is 1.52. The minimum atomic E-state index is -0.226. The van der Waals surface area contributed by atoms with E-state index in [9.17, 15) is 9.59 Å². The Morgan fingerprint density at radius 3 is 2.81 bits per heavy atom. The van der Waals surface area contributed by atoms with Crippen LogP contribution < -0.4 is 10.5 Å². The van der Waals surface area contributed by atoms with Gasteiger partial charge >= 0.3 is 0 Å². The maximum Gasteiger partial charge on any atom is 0.267 e. The zero-order valence-electron chi connectivity index (χ0n) is 15.7. The zero-order valence-corrected chi connectivity index (χ0v) is 15.7. The van der Waals surface area contributed by atoms with Crippen LogP contribution in [0.25, 0.3) is 6.08 Å². The van der Waals surface area contributed by atoms with E-state index in [1.54, 1.807) is 6.07 Å². The van der Waals surface area contributed by atoms with E-state index in [0.29, 0.717) is 6.42 Å². The lowest BCUT2D eigenvalue weighted by Crippen LogP contribution is -2.36. The summed E-state index contributed by atoms with van der Waals surface area (Å²) in [4.78, 5) is 26.9. The standard InChI is InChI=1S/C22H25N3O2/c1-16-9-11-24(12-10-16)21-7-8-22(27)25(23-21)15-20(26)14-17-5-6-18-3-2-4-19(18)13-17/h2-3,5-8,13,16H,4,9-12,14-15H2,1H3. The molecule has 0 saturated carbocycles. The number of hydrogen-bond acceptors (Lipinski definition) is 4. The van der Waals surface area contributed by atoms with Gasteiger partial charge in [-0.1, -0.05) is 37.3 Å².